The second-order valence-electron chi connectivity index (χ2n) is 3.91. The fourth-order valence-electron chi connectivity index (χ4n) is 2.56. The minimum absolute atomic E-state index is 0.302. The summed E-state index contributed by atoms with van der Waals surface area (Å²) in [6.45, 7) is 5.64. The van der Waals surface area contributed by atoms with Crippen LogP contribution in [0.1, 0.15) is 39.5 Å². The maximum Gasteiger partial charge on any atom is 0.513 e. The van der Waals surface area contributed by atoms with Crippen molar-refractivity contribution in [3.05, 3.63) is 0 Å². The van der Waals surface area contributed by atoms with Gasteiger partial charge in [0.15, 0.2) is 0 Å². The maximum absolute atomic E-state index is 11.2. The van der Waals surface area contributed by atoms with Gasteiger partial charge in [0.2, 0.25) is 0 Å². The number of nitrogens with zero attached hydrogens (tertiary/aromatic N) is 1. The Balaban J connectivity index is 2.84. The predicted octanol–water partition coefficient (Wildman–Crippen LogP) is 2.46. The Morgan fingerprint density at radius 1 is 1.46 bits per heavy atom. The molecule has 1 aliphatic rings. The SMILES string of the molecule is CCC1CCCC[N+]1(CC)C(=O)O. The second-order valence-corrected chi connectivity index (χ2v) is 3.91. The van der Waals surface area contributed by atoms with Crippen molar-refractivity contribution in [1.82, 2.24) is 0 Å². The Hall–Kier alpha value is -0.570. The average molecular weight is 186 g/mol. The van der Waals surface area contributed by atoms with E-state index in [9.17, 15) is 9.90 Å². The van der Waals surface area contributed by atoms with E-state index in [1.54, 1.807) is 0 Å². The van der Waals surface area contributed by atoms with Crippen molar-refractivity contribution in [2.45, 2.75) is 45.6 Å². The largest absolute Gasteiger partial charge is 0.513 e. The van der Waals surface area contributed by atoms with Crippen LogP contribution in [-0.4, -0.2) is 34.8 Å². The van der Waals surface area contributed by atoms with Crippen molar-refractivity contribution in [1.29, 1.82) is 0 Å². The minimum Gasteiger partial charge on any atom is -0.435 e. The van der Waals surface area contributed by atoms with Crippen LogP contribution in [0.15, 0.2) is 0 Å². The van der Waals surface area contributed by atoms with E-state index in [0.717, 1.165) is 32.4 Å². The van der Waals surface area contributed by atoms with E-state index in [0.29, 0.717) is 10.5 Å². The number of amides is 1. The van der Waals surface area contributed by atoms with E-state index in [4.69, 9.17) is 0 Å². The Bertz CT molecular complexity index is 193. The van der Waals surface area contributed by atoms with Crippen molar-refractivity contribution < 1.29 is 14.4 Å². The monoisotopic (exact) mass is 186 g/mol. The molecule has 0 aliphatic carbocycles. The van der Waals surface area contributed by atoms with Gasteiger partial charge in [-0.15, -0.1) is 0 Å². The summed E-state index contributed by atoms with van der Waals surface area (Å²) in [7, 11) is 0. The molecule has 1 heterocycles. The van der Waals surface area contributed by atoms with E-state index in [1.165, 1.54) is 6.42 Å². The van der Waals surface area contributed by atoms with Gasteiger partial charge in [0.1, 0.15) is 0 Å². The standard InChI is InChI=1S/C10H19NO2/c1-3-9-7-5-6-8-11(9,4-2)10(12)13/h9H,3-8H2,1-2H3/p+1. The summed E-state index contributed by atoms with van der Waals surface area (Å²) in [6, 6.07) is 0.344. The molecule has 1 rings (SSSR count). The van der Waals surface area contributed by atoms with Gasteiger partial charge in [-0.2, -0.15) is 4.79 Å². The molecule has 1 N–H and O–H groups in total. The number of quaternary nitrogens is 1. The number of carboxylic acid groups (broad SMARTS) is 1. The molecule has 0 aromatic carbocycles. The lowest BCUT2D eigenvalue weighted by atomic mass is 9.97. The highest BCUT2D eigenvalue weighted by Gasteiger charge is 2.43. The number of likely N-dealkylation sites (tertiary alicyclic amines) is 1. The minimum atomic E-state index is -0.631. The van der Waals surface area contributed by atoms with Gasteiger partial charge in [0.05, 0.1) is 19.1 Å². The highest BCUT2D eigenvalue weighted by Crippen LogP contribution is 2.28. The summed E-state index contributed by atoms with van der Waals surface area (Å²) in [6.07, 6.45) is 3.70. The number of carbonyl (C=O) groups is 1. The third kappa shape index (κ3) is 1.70. The van der Waals surface area contributed by atoms with Crippen LogP contribution in [0.25, 0.3) is 0 Å². The van der Waals surface area contributed by atoms with Crippen LogP contribution in [-0.2, 0) is 0 Å². The van der Waals surface area contributed by atoms with E-state index in [2.05, 4.69) is 6.92 Å². The van der Waals surface area contributed by atoms with Crippen molar-refractivity contribution >= 4 is 6.09 Å². The zero-order chi connectivity index (χ0) is 9.90. The molecule has 0 radical (unpaired) electrons. The Morgan fingerprint density at radius 3 is 2.54 bits per heavy atom. The fourth-order valence-corrected chi connectivity index (χ4v) is 2.56. The lowest BCUT2D eigenvalue weighted by Crippen LogP contribution is -2.60. The van der Waals surface area contributed by atoms with Gasteiger partial charge in [0.25, 0.3) is 0 Å². The van der Waals surface area contributed by atoms with Crippen LogP contribution in [0.5, 0.6) is 0 Å². The highest BCUT2D eigenvalue weighted by atomic mass is 16.4. The van der Waals surface area contributed by atoms with E-state index in [-0.39, 0.29) is 0 Å². The van der Waals surface area contributed by atoms with Gasteiger partial charge in [-0.3, -0.25) is 0 Å². The Kier molecular flexibility index (Phi) is 3.31. The fraction of sp³-hybridized carbons (Fsp3) is 0.900. The van der Waals surface area contributed by atoms with Gasteiger partial charge in [-0.25, -0.2) is 4.48 Å². The Labute approximate surface area is 79.9 Å². The molecule has 13 heavy (non-hydrogen) atoms. The second kappa shape index (κ2) is 4.09. The van der Waals surface area contributed by atoms with Crippen LogP contribution in [0.3, 0.4) is 0 Å². The van der Waals surface area contributed by atoms with E-state index in [1.807, 2.05) is 6.92 Å². The molecule has 0 saturated carbocycles. The normalized spacial score (nSPS) is 34.5. The van der Waals surface area contributed by atoms with Crippen molar-refractivity contribution in [3.8, 4) is 0 Å². The third-order valence-corrected chi connectivity index (χ3v) is 3.46. The zero-order valence-electron chi connectivity index (χ0n) is 8.62. The molecule has 3 nitrogen and oxygen atoms in total. The highest BCUT2D eigenvalue weighted by molar-refractivity contribution is 5.57. The number of hydrogen-bond acceptors (Lipinski definition) is 1. The first-order chi connectivity index (χ1) is 6.17. The molecule has 0 aromatic heterocycles. The lowest BCUT2D eigenvalue weighted by molar-refractivity contribution is -0.886. The first-order valence-corrected chi connectivity index (χ1v) is 5.27. The zero-order valence-corrected chi connectivity index (χ0v) is 8.62. The first kappa shape index (κ1) is 10.5. The average Bonchev–Trinajstić information content (AvgIpc) is 2.17. The van der Waals surface area contributed by atoms with Gasteiger partial charge in [-0.1, -0.05) is 6.92 Å². The molecule has 0 bridgehead atoms. The van der Waals surface area contributed by atoms with Crippen LogP contribution >= 0.6 is 0 Å². The molecule has 1 aliphatic heterocycles. The van der Waals surface area contributed by atoms with Gasteiger partial charge in [-0.05, 0) is 26.2 Å². The molecule has 0 spiro atoms. The van der Waals surface area contributed by atoms with Gasteiger partial charge in [0, 0.05) is 6.42 Å². The van der Waals surface area contributed by atoms with Crippen LogP contribution in [0, 0.1) is 0 Å². The van der Waals surface area contributed by atoms with Crippen molar-refractivity contribution in [3.63, 3.8) is 0 Å². The van der Waals surface area contributed by atoms with Crippen molar-refractivity contribution in [2.75, 3.05) is 13.1 Å². The molecule has 1 amide bonds. The van der Waals surface area contributed by atoms with Crippen LogP contribution in [0.4, 0.5) is 4.79 Å². The van der Waals surface area contributed by atoms with Crippen LogP contribution < -0.4 is 0 Å². The number of hydrogen-bond donors (Lipinski definition) is 1. The molecule has 3 heteroatoms. The molecule has 1 fully saturated rings. The molecule has 1 saturated heterocycles. The number of rotatable bonds is 2. The molecule has 2 unspecified atom stereocenters. The number of piperidine rings is 1. The molecular formula is C10H20NO2+. The summed E-state index contributed by atoms with van der Waals surface area (Å²) in [5.41, 5.74) is 0. The summed E-state index contributed by atoms with van der Waals surface area (Å²) in [5, 5.41) is 9.26. The quantitative estimate of drug-likeness (QED) is 0.673. The van der Waals surface area contributed by atoms with E-state index >= 15 is 0 Å². The van der Waals surface area contributed by atoms with Gasteiger partial charge < -0.3 is 5.11 Å². The summed E-state index contributed by atoms with van der Waals surface area (Å²) < 4.78 is 0.302. The van der Waals surface area contributed by atoms with E-state index < -0.39 is 6.09 Å². The summed E-state index contributed by atoms with van der Waals surface area (Å²) in [5.74, 6) is 0. The van der Waals surface area contributed by atoms with Crippen LogP contribution in [0.2, 0.25) is 0 Å². The third-order valence-electron chi connectivity index (χ3n) is 3.46. The van der Waals surface area contributed by atoms with Gasteiger partial charge >= 0.3 is 6.09 Å². The molecule has 0 aromatic rings. The molecule has 76 valence electrons. The predicted molar refractivity (Wildman–Crippen MR) is 51.6 cm³/mol. The smallest absolute Gasteiger partial charge is 0.435 e. The Morgan fingerprint density at radius 2 is 2.15 bits per heavy atom. The molecular weight excluding hydrogens is 166 g/mol. The lowest BCUT2D eigenvalue weighted by Gasteiger charge is -2.41. The van der Waals surface area contributed by atoms with Crippen molar-refractivity contribution in [2.24, 2.45) is 0 Å². The molecule has 2 atom stereocenters. The summed E-state index contributed by atoms with van der Waals surface area (Å²) in [4.78, 5) is 11.2. The topological polar surface area (TPSA) is 37.3 Å². The first-order valence-electron chi connectivity index (χ1n) is 5.27. The maximum atomic E-state index is 11.2. The summed E-state index contributed by atoms with van der Waals surface area (Å²) >= 11 is 0.